The van der Waals surface area contributed by atoms with Crippen molar-refractivity contribution in [2.45, 2.75) is 44.3 Å². The Hall–Kier alpha value is -1.80. The van der Waals surface area contributed by atoms with Crippen molar-refractivity contribution in [2.24, 2.45) is 5.73 Å². The maximum atomic E-state index is 11.2. The Kier molecular flexibility index (Phi) is 7.01. The van der Waals surface area contributed by atoms with E-state index in [2.05, 4.69) is 0 Å². The molecule has 1 rings (SSSR count). The van der Waals surface area contributed by atoms with Gasteiger partial charge in [0.2, 0.25) is 0 Å². The van der Waals surface area contributed by atoms with Gasteiger partial charge in [0, 0.05) is 13.1 Å². The van der Waals surface area contributed by atoms with Crippen LogP contribution in [-0.2, 0) is 14.4 Å². The molecule has 0 aliphatic heterocycles. The first-order chi connectivity index (χ1) is 9.07. The second-order valence-electron chi connectivity index (χ2n) is 4.38. The number of carbonyl (C=O) groups excluding carboxylic acids is 2. The van der Waals surface area contributed by atoms with Gasteiger partial charge in [0.25, 0.3) is 0 Å². The minimum Gasteiger partial charge on any atom is -0.475 e. The molecule has 1 saturated carbocycles. The number of amides is 2. The van der Waals surface area contributed by atoms with E-state index in [1.807, 2.05) is 0 Å². The molecule has 0 aromatic heterocycles. The maximum Gasteiger partial charge on any atom is 0.490 e. The average Bonchev–Trinajstić information content (AvgIpc) is 2.37. The van der Waals surface area contributed by atoms with Crippen molar-refractivity contribution in [2.75, 3.05) is 7.05 Å². The Labute approximate surface area is 113 Å². The summed E-state index contributed by atoms with van der Waals surface area (Å²) >= 11 is 0. The molecule has 116 valence electrons. The van der Waals surface area contributed by atoms with E-state index < -0.39 is 24.0 Å². The zero-order chi connectivity index (χ0) is 15.9. The number of carbonyl (C=O) groups is 3. The van der Waals surface area contributed by atoms with E-state index in [4.69, 9.17) is 15.6 Å². The number of likely N-dealkylation sites (N-methyl/N-ethyl adjacent to an activating group) is 1. The average molecular weight is 298 g/mol. The fourth-order valence-corrected chi connectivity index (χ4v) is 1.81. The van der Waals surface area contributed by atoms with Crippen LogP contribution >= 0.6 is 0 Å². The fraction of sp³-hybridized carbons (Fsp3) is 0.727. The second-order valence-corrected chi connectivity index (χ2v) is 4.38. The van der Waals surface area contributed by atoms with E-state index in [9.17, 15) is 22.8 Å². The molecule has 1 aliphatic rings. The molecule has 0 aromatic rings. The Morgan fingerprint density at radius 3 is 1.85 bits per heavy atom. The molecule has 0 atom stereocenters. The number of nitrogens with zero attached hydrogens (tertiary/aromatic N) is 1. The van der Waals surface area contributed by atoms with Gasteiger partial charge in [-0.2, -0.15) is 13.2 Å². The number of halogens is 3. The summed E-state index contributed by atoms with van der Waals surface area (Å²) in [6.45, 7) is 0. The number of hydrogen-bond donors (Lipinski definition) is 2. The SMILES string of the molecule is CN(C(=O)C(N)=O)C1CCCCC1.O=C(O)C(F)(F)F. The van der Waals surface area contributed by atoms with Gasteiger partial charge in [-0.3, -0.25) is 9.59 Å². The van der Waals surface area contributed by atoms with Crippen LogP contribution in [0.2, 0.25) is 0 Å². The van der Waals surface area contributed by atoms with E-state index in [0.29, 0.717) is 0 Å². The molecule has 6 nitrogen and oxygen atoms in total. The lowest BCUT2D eigenvalue weighted by Gasteiger charge is -2.30. The number of aliphatic carboxylic acids is 1. The van der Waals surface area contributed by atoms with Crippen LogP contribution < -0.4 is 5.73 Å². The molecule has 0 unspecified atom stereocenters. The molecule has 3 N–H and O–H groups in total. The van der Waals surface area contributed by atoms with E-state index in [-0.39, 0.29) is 6.04 Å². The zero-order valence-corrected chi connectivity index (χ0v) is 10.9. The summed E-state index contributed by atoms with van der Waals surface area (Å²) in [6.07, 6.45) is 0.419. The minimum absolute atomic E-state index is 0.216. The van der Waals surface area contributed by atoms with Crippen molar-refractivity contribution in [1.82, 2.24) is 4.90 Å². The Morgan fingerprint density at radius 1 is 1.15 bits per heavy atom. The lowest BCUT2D eigenvalue weighted by atomic mass is 9.94. The van der Waals surface area contributed by atoms with Crippen LogP contribution in [0.3, 0.4) is 0 Å². The molecular formula is C11H17F3N2O4. The number of carboxylic acids is 1. The highest BCUT2D eigenvalue weighted by molar-refractivity contribution is 6.34. The number of primary amides is 1. The Morgan fingerprint density at radius 2 is 1.55 bits per heavy atom. The van der Waals surface area contributed by atoms with Crippen LogP contribution in [-0.4, -0.2) is 47.1 Å². The summed E-state index contributed by atoms with van der Waals surface area (Å²) in [7, 11) is 1.66. The van der Waals surface area contributed by atoms with Crippen LogP contribution in [0.5, 0.6) is 0 Å². The predicted molar refractivity (Wildman–Crippen MR) is 62.5 cm³/mol. The third-order valence-corrected chi connectivity index (χ3v) is 2.90. The molecule has 1 aliphatic carbocycles. The Balaban J connectivity index is 0.000000441. The summed E-state index contributed by atoms with van der Waals surface area (Å²) in [6, 6.07) is 0.216. The van der Waals surface area contributed by atoms with Gasteiger partial charge >= 0.3 is 24.0 Å². The molecule has 0 radical (unpaired) electrons. The normalized spacial score (nSPS) is 15.8. The third-order valence-electron chi connectivity index (χ3n) is 2.90. The topological polar surface area (TPSA) is 101 Å². The largest absolute Gasteiger partial charge is 0.490 e. The number of hydrogen-bond acceptors (Lipinski definition) is 3. The molecule has 0 spiro atoms. The first-order valence-electron chi connectivity index (χ1n) is 5.94. The summed E-state index contributed by atoms with van der Waals surface area (Å²) in [5.41, 5.74) is 4.91. The molecule has 20 heavy (non-hydrogen) atoms. The molecule has 9 heteroatoms. The van der Waals surface area contributed by atoms with Crippen LogP contribution in [0.4, 0.5) is 13.2 Å². The summed E-state index contributed by atoms with van der Waals surface area (Å²) in [5.74, 6) is -4.17. The lowest BCUT2D eigenvalue weighted by Crippen LogP contribution is -2.44. The second kappa shape index (κ2) is 7.71. The predicted octanol–water partition coefficient (Wildman–Crippen LogP) is 0.896. The molecule has 0 saturated heterocycles. The van der Waals surface area contributed by atoms with Gasteiger partial charge < -0.3 is 15.7 Å². The highest BCUT2D eigenvalue weighted by Crippen LogP contribution is 2.21. The van der Waals surface area contributed by atoms with Crippen molar-refractivity contribution in [3.63, 3.8) is 0 Å². The summed E-state index contributed by atoms with van der Waals surface area (Å²) < 4.78 is 31.7. The maximum absolute atomic E-state index is 11.2. The van der Waals surface area contributed by atoms with E-state index in [0.717, 1.165) is 25.7 Å². The van der Waals surface area contributed by atoms with Crippen molar-refractivity contribution < 1.29 is 32.7 Å². The molecule has 0 bridgehead atoms. The van der Waals surface area contributed by atoms with Gasteiger partial charge in [0.1, 0.15) is 0 Å². The lowest BCUT2D eigenvalue weighted by molar-refractivity contribution is -0.192. The van der Waals surface area contributed by atoms with Gasteiger partial charge in [-0.05, 0) is 12.8 Å². The molecule has 0 heterocycles. The summed E-state index contributed by atoms with van der Waals surface area (Å²) in [4.78, 5) is 32.2. The first kappa shape index (κ1) is 18.2. The van der Waals surface area contributed by atoms with Crippen molar-refractivity contribution in [1.29, 1.82) is 0 Å². The number of alkyl halides is 3. The summed E-state index contributed by atoms with van der Waals surface area (Å²) in [5, 5.41) is 7.12. The number of nitrogens with two attached hydrogens (primary N) is 1. The van der Waals surface area contributed by atoms with Gasteiger partial charge in [-0.1, -0.05) is 19.3 Å². The van der Waals surface area contributed by atoms with Gasteiger partial charge in [-0.25, -0.2) is 4.79 Å². The molecular weight excluding hydrogens is 281 g/mol. The fourth-order valence-electron chi connectivity index (χ4n) is 1.81. The van der Waals surface area contributed by atoms with Crippen LogP contribution in [0.25, 0.3) is 0 Å². The van der Waals surface area contributed by atoms with E-state index in [1.54, 1.807) is 7.05 Å². The van der Waals surface area contributed by atoms with Gasteiger partial charge in [0.05, 0.1) is 0 Å². The zero-order valence-electron chi connectivity index (χ0n) is 10.9. The third kappa shape index (κ3) is 6.39. The minimum atomic E-state index is -5.08. The standard InChI is InChI=1S/C9H16N2O2.C2HF3O2/c1-11(9(13)8(10)12)7-5-3-2-4-6-7;3-2(4,5)1(6)7/h7H,2-6H2,1H3,(H2,10,12);(H,6,7). The van der Waals surface area contributed by atoms with Gasteiger partial charge in [0.15, 0.2) is 0 Å². The smallest absolute Gasteiger partial charge is 0.475 e. The quantitative estimate of drug-likeness (QED) is 0.702. The monoisotopic (exact) mass is 298 g/mol. The first-order valence-corrected chi connectivity index (χ1v) is 5.94. The van der Waals surface area contributed by atoms with Crippen molar-refractivity contribution >= 4 is 17.8 Å². The highest BCUT2D eigenvalue weighted by atomic mass is 19.4. The molecule has 0 aromatic carbocycles. The van der Waals surface area contributed by atoms with Crippen LogP contribution in [0, 0.1) is 0 Å². The van der Waals surface area contributed by atoms with E-state index >= 15 is 0 Å². The van der Waals surface area contributed by atoms with Crippen molar-refractivity contribution in [3.8, 4) is 0 Å². The Bertz CT molecular complexity index is 365. The van der Waals surface area contributed by atoms with Crippen LogP contribution in [0.1, 0.15) is 32.1 Å². The van der Waals surface area contributed by atoms with Gasteiger partial charge in [-0.15, -0.1) is 0 Å². The van der Waals surface area contributed by atoms with E-state index in [1.165, 1.54) is 11.3 Å². The van der Waals surface area contributed by atoms with Crippen molar-refractivity contribution in [3.05, 3.63) is 0 Å². The number of rotatable bonds is 1. The number of carboxylic acid groups (broad SMARTS) is 1. The highest BCUT2D eigenvalue weighted by Gasteiger charge is 2.38. The van der Waals surface area contributed by atoms with Crippen LogP contribution in [0.15, 0.2) is 0 Å². The molecule has 1 fully saturated rings. The molecule has 2 amide bonds.